The van der Waals surface area contributed by atoms with E-state index < -0.39 is 0 Å². The summed E-state index contributed by atoms with van der Waals surface area (Å²) in [6.45, 7) is 2.14. The fourth-order valence-corrected chi connectivity index (χ4v) is 1.77. The van der Waals surface area contributed by atoms with E-state index in [1.54, 1.807) is 11.8 Å². The smallest absolute Gasteiger partial charge is 0.0725 e. The van der Waals surface area contributed by atoms with E-state index >= 15 is 0 Å². The highest BCUT2D eigenvalue weighted by molar-refractivity contribution is 5.06. The van der Waals surface area contributed by atoms with Crippen LogP contribution in [0.25, 0.3) is 0 Å². The Bertz CT molecular complexity index is 285. The molecule has 86 valence electrons. The number of ether oxygens (including phenoxy) is 1. The summed E-state index contributed by atoms with van der Waals surface area (Å²) in [7, 11) is 3.64. The lowest BCUT2D eigenvalue weighted by Crippen LogP contribution is -2.37. The molecule has 0 amide bonds. The lowest BCUT2D eigenvalue weighted by atomic mass is 10.0. The molecule has 2 N–H and O–H groups in total. The molecule has 0 aliphatic carbocycles. The Hall–Kier alpha value is -0.870. The minimum Gasteiger partial charge on any atom is -0.380 e. The zero-order valence-corrected chi connectivity index (χ0v) is 9.81. The normalized spacial score (nSPS) is 15.2. The Labute approximate surface area is 91.4 Å². The average Bonchev–Trinajstić information content (AvgIpc) is 2.60. The van der Waals surface area contributed by atoms with Crippen LogP contribution in [0.3, 0.4) is 0 Å². The molecule has 0 aromatic carbocycles. The molecule has 0 aliphatic heterocycles. The number of aromatic nitrogens is 2. The average molecular weight is 211 g/mol. The third-order valence-electron chi connectivity index (χ3n) is 2.58. The Balaban J connectivity index is 2.49. The minimum absolute atomic E-state index is 0.0548. The predicted octanol–water partition coefficient (Wildman–Crippen LogP) is 1.10. The van der Waals surface area contributed by atoms with Crippen molar-refractivity contribution >= 4 is 0 Å². The van der Waals surface area contributed by atoms with Crippen LogP contribution in [-0.2, 0) is 18.2 Å². The third-order valence-corrected chi connectivity index (χ3v) is 2.58. The van der Waals surface area contributed by atoms with Crippen LogP contribution in [0.5, 0.6) is 0 Å². The predicted molar refractivity (Wildman–Crippen MR) is 60.6 cm³/mol. The van der Waals surface area contributed by atoms with Crippen molar-refractivity contribution in [3.63, 3.8) is 0 Å². The van der Waals surface area contributed by atoms with Crippen LogP contribution in [0.4, 0.5) is 0 Å². The summed E-state index contributed by atoms with van der Waals surface area (Å²) in [6, 6.07) is 0.0548. The van der Waals surface area contributed by atoms with Gasteiger partial charge in [-0.05, 0) is 18.4 Å². The van der Waals surface area contributed by atoms with Gasteiger partial charge in [0, 0.05) is 26.4 Å². The fraction of sp³-hybridized carbons (Fsp3) is 0.727. The summed E-state index contributed by atoms with van der Waals surface area (Å²) in [5.41, 5.74) is 7.26. The van der Waals surface area contributed by atoms with Crippen molar-refractivity contribution in [3.8, 4) is 0 Å². The molecule has 4 nitrogen and oxygen atoms in total. The van der Waals surface area contributed by atoms with Gasteiger partial charge in [-0.15, -0.1) is 0 Å². The molecule has 1 rings (SSSR count). The van der Waals surface area contributed by atoms with E-state index in [0.717, 1.165) is 19.3 Å². The molecule has 15 heavy (non-hydrogen) atoms. The van der Waals surface area contributed by atoms with Gasteiger partial charge in [-0.25, -0.2) is 0 Å². The Kier molecular flexibility index (Phi) is 4.78. The van der Waals surface area contributed by atoms with E-state index in [0.29, 0.717) is 0 Å². The van der Waals surface area contributed by atoms with Gasteiger partial charge in [-0.1, -0.05) is 13.3 Å². The summed E-state index contributed by atoms with van der Waals surface area (Å²) < 4.78 is 7.17. The van der Waals surface area contributed by atoms with Crippen molar-refractivity contribution in [2.45, 2.75) is 38.3 Å². The van der Waals surface area contributed by atoms with Gasteiger partial charge in [0.25, 0.3) is 0 Å². The van der Waals surface area contributed by atoms with Crippen LogP contribution in [0.2, 0.25) is 0 Å². The number of nitrogens with zero attached hydrogens (tertiary/aromatic N) is 2. The minimum atomic E-state index is 0.0548. The maximum absolute atomic E-state index is 6.09. The molecule has 0 radical (unpaired) electrons. The molecule has 0 bridgehead atoms. The summed E-state index contributed by atoms with van der Waals surface area (Å²) in [6.07, 6.45) is 6.94. The summed E-state index contributed by atoms with van der Waals surface area (Å²) in [5.74, 6) is 0. The first-order valence-corrected chi connectivity index (χ1v) is 5.43. The highest BCUT2D eigenvalue weighted by atomic mass is 16.5. The Morgan fingerprint density at radius 2 is 2.33 bits per heavy atom. The SMILES string of the molecule is CCCC(OC)C(N)Cc1cnn(C)c1. The highest BCUT2D eigenvalue weighted by Crippen LogP contribution is 2.10. The summed E-state index contributed by atoms with van der Waals surface area (Å²) in [4.78, 5) is 0. The van der Waals surface area contributed by atoms with Crippen LogP contribution >= 0.6 is 0 Å². The van der Waals surface area contributed by atoms with E-state index in [1.807, 2.05) is 19.4 Å². The second kappa shape index (κ2) is 5.88. The first kappa shape index (κ1) is 12.2. The van der Waals surface area contributed by atoms with Gasteiger partial charge in [-0.2, -0.15) is 5.10 Å². The zero-order chi connectivity index (χ0) is 11.3. The second-order valence-electron chi connectivity index (χ2n) is 3.95. The van der Waals surface area contributed by atoms with E-state index in [-0.39, 0.29) is 12.1 Å². The number of hydrogen-bond acceptors (Lipinski definition) is 3. The van der Waals surface area contributed by atoms with Crippen molar-refractivity contribution in [2.75, 3.05) is 7.11 Å². The van der Waals surface area contributed by atoms with Crippen molar-refractivity contribution < 1.29 is 4.74 Å². The van der Waals surface area contributed by atoms with Crippen LogP contribution in [0.15, 0.2) is 12.4 Å². The molecule has 1 aromatic heterocycles. The molecule has 0 fully saturated rings. The number of hydrogen-bond donors (Lipinski definition) is 1. The van der Waals surface area contributed by atoms with Crippen molar-refractivity contribution in [2.24, 2.45) is 12.8 Å². The van der Waals surface area contributed by atoms with Crippen LogP contribution < -0.4 is 5.73 Å². The first-order valence-electron chi connectivity index (χ1n) is 5.43. The molecule has 1 aromatic rings. The van der Waals surface area contributed by atoms with Gasteiger partial charge in [0.15, 0.2) is 0 Å². The molecule has 0 saturated heterocycles. The van der Waals surface area contributed by atoms with Crippen molar-refractivity contribution in [3.05, 3.63) is 18.0 Å². The van der Waals surface area contributed by atoms with Crippen LogP contribution in [0, 0.1) is 0 Å². The quantitative estimate of drug-likeness (QED) is 0.766. The molecule has 2 unspecified atom stereocenters. The highest BCUT2D eigenvalue weighted by Gasteiger charge is 2.17. The lowest BCUT2D eigenvalue weighted by molar-refractivity contribution is 0.0726. The van der Waals surface area contributed by atoms with Crippen molar-refractivity contribution in [1.82, 2.24) is 9.78 Å². The van der Waals surface area contributed by atoms with Crippen molar-refractivity contribution in [1.29, 1.82) is 0 Å². The van der Waals surface area contributed by atoms with Gasteiger partial charge in [0.2, 0.25) is 0 Å². The molecule has 0 saturated carbocycles. The van der Waals surface area contributed by atoms with Gasteiger partial charge in [-0.3, -0.25) is 4.68 Å². The molecule has 2 atom stereocenters. The van der Waals surface area contributed by atoms with Crippen LogP contribution in [0.1, 0.15) is 25.3 Å². The van der Waals surface area contributed by atoms with Gasteiger partial charge in [0.05, 0.1) is 12.3 Å². The second-order valence-corrected chi connectivity index (χ2v) is 3.95. The van der Waals surface area contributed by atoms with Crippen LogP contribution in [-0.4, -0.2) is 29.0 Å². The summed E-state index contributed by atoms with van der Waals surface area (Å²) in [5, 5.41) is 4.12. The van der Waals surface area contributed by atoms with Gasteiger partial charge in [0.1, 0.15) is 0 Å². The molecule has 4 heteroatoms. The first-order chi connectivity index (χ1) is 7.17. The largest absolute Gasteiger partial charge is 0.380 e. The number of rotatable bonds is 6. The molecule has 1 heterocycles. The zero-order valence-electron chi connectivity index (χ0n) is 9.81. The molecular formula is C11H21N3O. The topological polar surface area (TPSA) is 53.1 Å². The summed E-state index contributed by atoms with van der Waals surface area (Å²) >= 11 is 0. The molecule has 0 aliphatic rings. The number of aryl methyl sites for hydroxylation is 1. The number of nitrogens with two attached hydrogens (primary N) is 1. The maximum Gasteiger partial charge on any atom is 0.0725 e. The fourth-order valence-electron chi connectivity index (χ4n) is 1.77. The van der Waals surface area contributed by atoms with E-state index in [1.165, 1.54) is 5.56 Å². The molecule has 0 spiro atoms. The maximum atomic E-state index is 6.09. The van der Waals surface area contributed by atoms with Gasteiger partial charge >= 0.3 is 0 Å². The monoisotopic (exact) mass is 211 g/mol. The standard InChI is InChI=1S/C11H21N3O/c1-4-5-11(15-3)10(12)6-9-7-13-14(2)8-9/h7-8,10-11H,4-6,12H2,1-3H3. The molecular weight excluding hydrogens is 190 g/mol. The van der Waals surface area contributed by atoms with E-state index in [4.69, 9.17) is 10.5 Å². The lowest BCUT2D eigenvalue weighted by Gasteiger charge is -2.21. The Morgan fingerprint density at radius 1 is 1.60 bits per heavy atom. The Morgan fingerprint density at radius 3 is 2.80 bits per heavy atom. The number of methoxy groups -OCH3 is 1. The third kappa shape index (κ3) is 3.64. The van der Waals surface area contributed by atoms with E-state index in [2.05, 4.69) is 12.0 Å². The van der Waals surface area contributed by atoms with Gasteiger partial charge < -0.3 is 10.5 Å². The van der Waals surface area contributed by atoms with E-state index in [9.17, 15) is 0 Å².